The van der Waals surface area contributed by atoms with Gasteiger partial charge in [0.25, 0.3) is 0 Å². The second kappa shape index (κ2) is 5.32. The molecular weight excluding hydrogens is 211 g/mol. The van der Waals surface area contributed by atoms with Gasteiger partial charge in [-0.3, -0.25) is 5.41 Å². The average molecular weight is 227 g/mol. The van der Waals surface area contributed by atoms with Gasteiger partial charge in [-0.15, -0.1) is 5.06 Å². The molecule has 0 aliphatic rings. The molecule has 0 saturated heterocycles. The zero-order valence-corrected chi connectivity index (χ0v) is 8.93. The monoisotopic (exact) mass is 227 g/mol. The number of rotatable bonds is 4. The quantitative estimate of drug-likeness (QED) is 0.435. The molecule has 4 nitrogen and oxygen atoms in total. The molecule has 15 heavy (non-hydrogen) atoms. The Morgan fingerprint density at radius 2 is 2.00 bits per heavy atom. The van der Waals surface area contributed by atoms with Crippen LogP contribution in [0.2, 0.25) is 0 Å². The minimum atomic E-state index is -4.38. The molecule has 0 spiro atoms. The molecule has 0 aromatic heterocycles. The molecule has 0 amide bonds. The fourth-order valence-corrected chi connectivity index (χ4v) is 0.693. The third kappa shape index (κ3) is 4.48. The van der Waals surface area contributed by atoms with E-state index in [-0.39, 0.29) is 5.90 Å². The van der Waals surface area contributed by atoms with Gasteiger partial charge in [-0.05, 0) is 13.3 Å². The molecule has 90 valence electrons. The summed E-state index contributed by atoms with van der Waals surface area (Å²) in [6, 6.07) is -2.45. The summed E-state index contributed by atoms with van der Waals surface area (Å²) in [5.41, 5.74) is 5.42. The molecule has 0 aromatic carbocycles. The molecule has 0 heterocycles. The Hall–Kier alpha value is -0.820. The lowest BCUT2D eigenvalue weighted by Crippen LogP contribution is -2.45. The lowest BCUT2D eigenvalue weighted by Gasteiger charge is -2.27. The van der Waals surface area contributed by atoms with Crippen LogP contribution in [0.5, 0.6) is 0 Å². The highest BCUT2D eigenvalue weighted by atomic mass is 19.4. The van der Waals surface area contributed by atoms with Gasteiger partial charge in [0, 0.05) is 7.05 Å². The average Bonchev–Trinajstić information content (AvgIpc) is 2.13. The van der Waals surface area contributed by atoms with Gasteiger partial charge in [0.15, 0.2) is 0 Å². The molecular formula is C8H16F3N3O. The number of hydrogen-bond donors (Lipinski definition) is 2. The first-order valence-electron chi connectivity index (χ1n) is 4.51. The molecule has 0 rings (SSSR count). The number of halogens is 3. The van der Waals surface area contributed by atoms with Crippen LogP contribution in [0.25, 0.3) is 0 Å². The summed E-state index contributed by atoms with van der Waals surface area (Å²) in [6.45, 7) is 2.67. The van der Waals surface area contributed by atoms with E-state index in [9.17, 15) is 13.2 Å². The lowest BCUT2D eigenvalue weighted by atomic mass is 10.2. The van der Waals surface area contributed by atoms with E-state index < -0.39 is 18.3 Å². The standard InChI is InChI=1S/C8H16F3N3O/c1-4-6(12)7(13)15-14(3)5(2)8(9,10)11/h5-6,13H,4,12H2,1-3H3/t5?,6-/m0/s1. The van der Waals surface area contributed by atoms with Crippen LogP contribution in [0.3, 0.4) is 0 Å². The van der Waals surface area contributed by atoms with Crippen molar-refractivity contribution in [1.82, 2.24) is 5.06 Å². The summed E-state index contributed by atoms with van der Waals surface area (Å²) in [5, 5.41) is 7.85. The molecule has 0 fully saturated rings. The number of nitrogens with two attached hydrogens (primary N) is 1. The van der Waals surface area contributed by atoms with Crippen molar-refractivity contribution >= 4 is 5.90 Å². The normalized spacial score (nSPS) is 16.3. The SMILES string of the molecule is CC[C@H](N)C(=N)ON(C)C(C)C(F)(F)F. The van der Waals surface area contributed by atoms with Gasteiger partial charge in [0.05, 0.1) is 6.04 Å². The molecule has 0 bridgehead atoms. The van der Waals surface area contributed by atoms with E-state index in [1.54, 1.807) is 6.92 Å². The summed E-state index contributed by atoms with van der Waals surface area (Å²) in [6.07, 6.45) is -3.95. The molecule has 3 N–H and O–H groups in total. The van der Waals surface area contributed by atoms with Crippen LogP contribution in [0.1, 0.15) is 20.3 Å². The van der Waals surface area contributed by atoms with Gasteiger partial charge in [0.2, 0.25) is 5.90 Å². The first kappa shape index (κ1) is 14.2. The topological polar surface area (TPSA) is 62.3 Å². The summed E-state index contributed by atoms with van der Waals surface area (Å²) in [4.78, 5) is 4.66. The van der Waals surface area contributed by atoms with Crippen molar-refractivity contribution in [2.24, 2.45) is 5.73 Å². The molecule has 0 aromatic rings. The molecule has 0 saturated carbocycles. The van der Waals surface area contributed by atoms with E-state index in [0.29, 0.717) is 11.5 Å². The number of hydroxylamine groups is 2. The highest BCUT2D eigenvalue weighted by Crippen LogP contribution is 2.23. The van der Waals surface area contributed by atoms with Gasteiger partial charge in [-0.25, -0.2) is 0 Å². The highest BCUT2D eigenvalue weighted by molar-refractivity contribution is 5.77. The van der Waals surface area contributed by atoms with E-state index >= 15 is 0 Å². The van der Waals surface area contributed by atoms with Gasteiger partial charge in [-0.1, -0.05) is 6.92 Å². The molecule has 7 heteroatoms. The molecule has 0 aliphatic carbocycles. The Morgan fingerprint density at radius 1 is 1.53 bits per heavy atom. The maximum absolute atomic E-state index is 12.2. The van der Waals surface area contributed by atoms with Crippen LogP contribution in [0.15, 0.2) is 0 Å². The van der Waals surface area contributed by atoms with Crippen LogP contribution in [0.4, 0.5) is 13.2 Å². The first-order valence-corrected chi connectivity index (χ1v) is 4.51. The minimum Gasteiger partial charge on any atom is -0.389 e. The van der Waals surface area contributed by atoms with E-state index in [1.807, 2.05) is 0 Å². The Kier molecular flexibility index (Phi) is 5.02. The fourth-order valence-electron chi connectivity index (χ4n) is 0.693. The number of nitrogens with one attached hydrogen (secondary N) is 1. The van der Waals surface area contributed by atoms with Crippen molar-refractivity contribution in [2.45, 2.75) is 38.5 Å². The van der Waals surface area contributed by atoms with Crippen LogP contribution in [0, 0.1) is 5.41 Å². The van der Waals surface area contributed by atoms with Crippen molar-refractivity contribution < 1.29 is 18.0 Å². The van der Waals surface area contributed by atoms with Crippen molar-refractivity contribution in [3.8, 4) is 0 Å². The van der Waals surface area contributed by atoms with Crippen LogP contribution in [-0.2, 0) is 4.84 Å². The second-order valence-corrected chi connectivity index (χ2v) is 3.23. The second-order valence-electron chi connectivity index (χ2n) is 3.23. The third-order valence-electron chi connectivity index (χ3n) is 2.04. The predicted octanol–water partition coefficient (Wildman–Crippen LogP) is 1.52. The van der Waals surface area contributed by atoms with E-state index in [2.05, 4.69) is 4.84 Å². The predicted molar refractivity (Wildman–Crippen MR) is 50.4 cm³/mol. The van der Waals surface area contributed by atoms with Crippen molar-refractivity contribution in [3.63, 3.8) is 0 Å². The maximum atomic E-state index is 12.2. The van der Waals surface area contributed by atoms with Crippen molar-refractivity contribution in [2.75, 3.05) is 7.05 Å². The number of hydrogen-bond acceptors (Lipinski definition) is 4. The Morgan fingerprint density at radius 3 is 2.33 bits per heavy atom. The van der Waals surface area contributed by atoms with Crippen LogP contribution >= 0.6 is 0 Å². The largest absolute Gasteiger partial charge is 0.407 e. The van der Waals surface area contributed by atoms with Gasteiger partial charge in [0.1, 0.15) is 6.04 Å². The minimum absolute atomic E-state index is 0.365. The Labute approximate surface area is 86.6 Å². The van der Waals surface area contributed by atoms with Crippen LogP contribution in [-0.4, -0.2) is 36.3 Å². The maximum Gasteiger partial charge on any atom is 0.407 e. The first-order chi connectivity index (χ1) is 6.70. The zero-order valence-electron chi connectivity index (χ0n) is 8.93. The van der Waals surface area contributed by atoms with E-state index in [0.717, 1.165) is 14.0 Å². The van der Waals surface area contributed by atoms with Gasteiger partial charge in [-0.2, -0.15) is 13.2 Å². The Bertz CT molecular complexity index is 220. The van der Waals surface area contributed by atoms with Crippen molar-refractivity contribution in [3.05, 3.63) is 0 Å². The summed E-state index contributed by atoms with van der Waals surface area (Å²) in [7, 11) is 1.12. The van der Waals surface area contributed by atoms with E-state index in [1.165, 1.54) is 0 Å². The summed E-state index contributed by atoms with van der Waals surface area (Å²) >= 11 is 0. The third-order valence-corrected chi connectivity index (χ3v) is 2.04. The zero-order chi connectivity index (χ0) is 12.2. The number of alkyl halides is 3. The smallest absolute Gasteiger partial charge is 0.389 e. The molecule has 0 radical (unpaired) electrons. The molecule has 2 atom stereocenters. The Balaban J connectivity index is 4.25. The molecule has 1 unspecified atom stereocenters. The number of nitrogens with zero attached hydrogens (tertiary/aromatic N) is 1. The highest BCUT2D eigenvalue weighted by Gasteiger charge is 2.40. The van der Waals surface area contributed by atoms with Gasteiger partial charge < -0.3 is 10.6 Å². The lowest BCUT2D eigenvalue weighted by molar-refractivity contribution is -0.230. The summed E-state index contributed by atoms with van der Waals surface area (Å²) in [5.74, 6) is -0.365. The van der Waals surface area contributed by atoms with Crippen LogP contribution < -0.4 is 5.73 Å². The fraction of sp³-hybridized carbons (Fsp3) is 0.875. The van der Waals surface area contributed by atoms with Gasteiger partial charge >= 0.3 is 6.18 Å². The van der Waals surface area contributed by atoms with E-state index in [4.69, 9.17) is 11.1 Å². The summed E-state index contributed by atoms with van der Waals surface area (Å²) < 4.78 is 36.6. The molecule has 0 aliphatic heterocycles. The van der Waals surface area contributed by atoms with Crippen molar-refractivity contribution in [1.29, 1.82) is 5.41 Å².